The predicted octanol–water partition coefficient (Wildman–Crippen LogP) is 3.31. The van der Waals surface area contributed by atoms with Crippen molar-refractivity contribution in [1.29, 1.82) is 0 Å². The van der Waals surface area contributed by atoms with Crippen molar-refractivity contribution < 1.29 is 4.42 Å². The van der Waals surface area contributed by atoms with Gasteiger partial charge in [0.2, 0.25) is 5.95 Å². The molecule has 0 unspecified atom stereocenters. The van der Waals surface area contributed by atoms with Crippen LogP contribution >= 0.6 is 0 Å². The normalized spacial score (nSPS) is 10.9. The molecule has 1 aromatic carbocycles. The number of benzene rings is 1. The molecule has 0 spiro atoms. The number of rotatable bonds is 6. The summed E-state index contributed by atoms with van der Waals surface area (Å²) in [6, 6.07) is 15.6. The minimum Gasteiger partial charge on any atom is -0.455 e. The number of hydrazone groups is 1. The summed E-state index contributed by atoms with van der Waals surface area (Å²) in [5.74, 6) is 3.48. The first-order valence-electron chi connectivity index (χ1n) is 8.21. The van der Waals surface area contributed by atoms with E-state index in [2.05, 4.69) is 20.5 Å². The van der Waals surface area contributed by atoms with E-state index in [9.17, 15) is 0 Å². The molecule has 0 fully saturated rings. The molecule has 7 nitrogen and oxygen atoms in total. The van der Waals surface area contributed by atoms with Crippen molar-refractivity contribution in [2.45, 2.75) is 0 Å². The molecule has 0 saturated carbocycles. The van der Waals surface area contributed by atoms with Crippen LogP contribution in [0.25, 0.3) is 11.3 Å². The van der Waals surface area contributed by atoms with E-state index in [4.69, 9.17) is 4.42 Å². The highest BCUT2D eigenvalue weighted by Crippen LogP contribution is 2.21. The Hall–Kier alpha value is -3.35. The van der Waals surface area contributed by atoms with Gasteiger partial charge in [-0.25, -0.2) is 0 Å². The van der Waals surface area contributed by atoms with E-state index in [-0.39, 0.29) is 0 Å². The zero-order valence-electron chi connectivity index (χ0n) is 15.3. The first kappa shape index (κ1) is 17.5. The maximum atomic E-state index is 5.79. The van der Waals surface area contributed by atoms with Gasteiger partial charge in [0.25, 0.3) is 0 Å². The standard InChI is InChI=1S/C19H22N6O/c1-24(2)18-12-17(21-19(22-18)25(3)4)23-20-13-15-10-11-16(26-15)14-8-6-5-7-9-14/h5-13H,1-4H3,(H,21,22,23)/b20-13-. The lowest BCUT2D eigenvalue weighted by Gasteiger charge is -2.16. The van der Waals surface area contributed by atoms with E-state index in [1.807, 2.05) is 86.5 Å². The van der Waals surface area contributed by atoms with Crippen molar-refractivity contribution in [3.8, 4) is 11.3 Å². The molecular weight excluding hydrogens is 328 g/mol. The molecule has 0 aliphatic carbocycles. The van der Waals surface area contributed by atoms with Crippen molar-refractivity contribution >= 4 is 23.8 Å². The van der Waals surface area contributed by atoms with E-state index in [1.54, 1.807) is 6.21 Å². The molecule has 0 bridgehead atoms. The second-order valence-corrected chi connectivity index (χ2v) is 6.14. The van der Waals surface area contributed by atoms with Crippen molar-refractivity contribution in [1.82, 2.24) is 9.97 Å². The smallest absolute Gasteiger partial charge is 0.228 e. The van der Waals surface area contributed by atoms with Gasteiger partial charge in [-0.1, -0.05) is 30.3 Å². The fourth-order valence-corrected chi connectivity index (χ4v) is 2.25. The second kappa shape index (κ2) is 7.69. The second-order valence-electron chi connectivity index (χ2n) is 6.14. The molecule has 0 aliphatic heterocycles. The maximum Gasteiger partial charge on any atom is 0.228 e. The predicted molar refractivity (Wildman–Crippen MR) is 106 cm³/mol. The van der Waals surface area contributed by atoms with Crippen LogP contribution in [0.1, 0.15) is 5.76 Å². The van der Waals surface area contributed by atoms with Crippen LogP contribution in [0.4, 0.5) is 17.6 Å². The minimum absolute atomic E-state index is 0.610. The highest BCUT2D eigenvalue weighted by atomic mass is 16.3. The minimum atomic E-state index is 0.610. The van der Waals surface area contributed by atoms with Crippen LogP contribution in [0.2, 0.25) is 0 Å². The van der Waals surface area contributed by atoms with E-state index >= 15 is 0 Å². The van der Waals surface area contributed by atoms with E-state index in [0.29, 0.717) is 17.5 Å². The Kier molecular flexibility index (Phi) is 5.17. The van der Waals surface area contributed by atoms with Gasteiger partial charge in [-0.3, -0.25) is 5.43 Å². The lowest BCUT2D eigenvalue weighted by atomic mass is 10.2. The molecule has 7 heteroatoms. The molecule has 3 aromatic rings. The molecule has 134 valence electrons. The number of furan rings is 1. The first-order valence-corrected chi connectivity index (χ1v) is 8.21. The van der Waals surface area contributed by atoms with Gasteiger partial charge in [0, 0.05) is 39.8 Å². The van der Waals surface area contributed by atoms with Gasteiger partial charge < -0.3 is 14.2 Å². The fraction of sp³-hybridized carbons (Fsp3) is 0.211. The summed E-state index contributed by atoms with van der Waals surface area (Å²) in [5.41, 5.74) is 3.97. The number of nitrogens with one attached hydrogen (secondary N) is 1. The van der Waals surface area contributed by atoms with Gasteiger partial charge in [-0.05, 0) is 12.1 Å². The van der Waals surface area contributed by atoms with Gasteiger partial charge in [-0.2, -0.15) is 15.1 Å². The Morgan fingerprint density at radius 3 is 2.42 bits per heavy atom. The topological polar surface area (TPSA) is 69.8 Å². The summed E-state index contributed by atoms with van der Waals surface area (Å²) < 4.78 is 5.79. The van der Waals surface area contributed by atoms with Crippen LogP contribution in [0.5, 0.6) is 0 Å². The van der Waals surface area contributed by atoms with Crippen LogP contribution in [-0.2, 0) is 0 Å². The number of hydrogen-bond donors (Lipinski definition) is 1. The van der Waals surface area contributed by atoms with E-state index < -0.39 is 0 Å². The van der Waals surface area contributed by atoms with Gasteiger partial charge in [0.1, 0.15) is 17.3 Å². The van der Waals surface area contributed by atoms with E-state index in [0.717, 1.165) is 17.1 Å². The molecule has 2 heterocycles. The van der Waals surface area contributed by atoms with Crippen molar-refractivity contribution in [3.63, 3.8) is 0 Å². The quantitative estimate of drug-likeness (QED) is 0.543. The Morgan fingerprint density at radius 1 is 0.962 bits per heavy atom. The van der Waals surface area contributed by atoms with Crippen molar-refractivity contribution in [2.24, 2.45) is 5.10 Å². The average Bonchev–Trinajstić information content (AvgIpc) is 3.11. The number of anilines is 3. The summed E-state index contributed by atoms with van der Waals surface area (Å²) in [4.78, 5) is 12.7. The third-order valence-corrected chi connectivity index (χ3v) is 3.61. The molecule has 3 rings (SSSR count). The lowest BCUT2D eigenvalue weighted by molar-refractivity contribution is 0.575. The zero-order chi connectivity index (χ0) is 18.5. The molecule has 0 atom stereocenters. The maximum absolute atomic E-state index is 5.79. The highest BCUT2D eigenvalue weighted by molar-refractivity contribution is 5.78. The summed E-state index contributed by atoms with van der Waals surface area (Å²) in [7, 11) is 7.66. The molecule has 0 radical (unpaired) electrons. The molecule has 2 aromatic heterocycles. The average molecular weight is 350 g/mol. The lowest BCUT2D eigenvalue weighted by Crippen LogP contribution is -2.17. The summed E-state index contributed by atoms with van der Waals surface area (Å²) >= 11 is 0. The van der Waals surface area contributed by atoms with Crippen LogP contribution in [0, 0.1) is 0 Å². The number of aromatic nitrogens is 2. The molecule has 26 heavy (non-hydrogen) atoms. The Morgan fingerprint density at radius 2 is 1.73 bits per heavy atom. The van der Waals surface area contributed by atoms with Crippen LogP contribution in [0.3, 0.4) is 0 Å². The number of nitrogens with zero attached hydrogens (tertiary/aromatic N) is 5. The van der Waals surface area contributed by atoms with Crippen molar-refractivity contribution in [2.75, 3.05) is 43.4 Å². The van der Waals surface area contributed by atoms with Gasteiger partial charge in [-0.15, -0.1) is 0 Å². The first-order chi connectivity index (χ1) is 12.5. The molecule has 0 aliphatic rings. The van der Waals surface area contributed by atoms with Crippen molar-refractivity contribution in [3.05, 3.63) is 54.3 Å². The van der Waals surface area contributed by atoms with Crippen LogP contribution in [-0.4, -0.2) is 44.4 Å². The van der Waals surface area contributed by atoms with Gasteiger partial charge in [0.05, 0.1) is 6.21 Å². The fourth-order valence-electron chi connectivity index (χ4n) is 2.25. The monoisotopic (exact) mass is 350 g/mol. The van der Waals surface area contributed by atoms with E-state index in [1.165, 1.54) is 0 Å². The van der Waals surface area contributed by atoms with Gasteiger partial charge >= 0.3 is 0 Å². The Labute approximate surface area is 153 Å². The third-order valence-electron chi connectivity index (χ3n) is 3.61. The summed E-state index contributed by atoms with van der Waals surface area (Å²) in [6.07, 6.45) is 1.62. The molecular formula is C19H22N6O. The van der Waals surface area contributed by atoms with Gasteiger partial charge in [0.15, 0.2) is 5.82 Å². The molecule has 0 saturated heterocycles. The van der Waals surface area contributed by atoms with Crippen LogP contribution < -0.4 is 15.2 Å². The third kappa shape index (κ3) is 4.18. The zero-order valence-corrected chi connectivity index (χ0v) is 15.3. The SMILES string of the molecule is CN(C)c1cc(N/N=C\c2ccc(-c3ccccc3)o2)nc(N(C)C)n1. The summed E-state index contributed by atoms with van der Waals surface area (Å²) in [5, 5.41) is 4.22. The highest BCUT2D eigenvalue weighted by Gasteiger charge is 2.07. The number of hydrogen-bond acceptors (Lipinski definition) is 7. The van der Waals surface area contributed by atoms with Crippen LogP contribution in [0.15, 0.2) is 58.0 Å². The molecule has 1 N–H and O–H groups in total. The summed E-state index contributed by atoms with van der Waals surface area (Å²) in [6.45, 7) is 0. The molecule has 0 amide bonds. The Balaban J connectivity index is 1.74. The largest absolute Gasteiger partial charge is 0.455 e. The Bertz CT molecular complexity index is 860.